The Kier molecular flexibility index (Phi) is 4.76. The summed E-state index contributed by atoms with van der Waals surface area (Å²) in [6.45, 7) is 6.18. The second kappa shape index (κ2) is 6.97. The Labute approximate surface area is 149 Å². The van der Waals surface area contributed by atoms with E-state index >= 15 is 0 Å². The van der Waals surface area contributed by atoms with Crippen molar-refractivity contribution in [2.45, 2.75) is 20.8 Å². The molecule has 122 valence electrons. The van der Waals surface area contributed by atoms with Crippen LogP contribution in [-0.4, -0.2) is 15.2 Å². The number of aromatic nitrogens is 3. The summed E-state index contributed by atoms with van der Waals surface area (Å²) < 4.78 is 1.03. The van der Waals surface area contributed by atoms with Crippen LogP contribution < -0.4 is 10.6 Å². The lowest BCUT2D eigenvalue weighted by atomic mass is 10.1. The van der Waals surface area contributed by atoms with Crippen LogP contribution in [0.1, 0.15) is 16.7 Å². The van der Waals surface area contributed by atoms with Gasteiger partial charge in [-0.05, 0) is 50.1 Å². The van der Waals surface area contributed by atoms with E-state index in [4.69, 9.17) is 0 Å². The molecule has 0 radical (unpaired) electrons. The molecule has 0 saturated carbocycles. The van der Waals surface area contributed by atoms with Crippen LogP contribution in [0.2, 0.25) is 0 Å². The van der Waals surface area contributed by atoms with Crippen molar-refractivity contribution in [3.05, 3.63) is 63.8 Å². The van der Waals surface area contributed by atoms with Crippen molar-refractivity contribution in [2.75, 3.05) is 10.6 Å². The number of rotatable bonds is 4. The molecule has 6 heteroatoms. The molecule has 0 aliphatic rings. The normalized spacial score (nSPS) is 10.5. The van der Waals surface area contributed by atoms with Gasteiger partial charge in [-0.25, -0.2) is 0 Å². The first-order valence-electron chi connectivity index (χ1n) is 7.58. The highest BCUT2D eigenvalue weighted by atomic mass is 79.9. The third-order valence-electron chi connectivity index (χ3n) is 3.63. The molecule has 0 aliphatic heterocycles. The van der Waals surface area contributed by atoms with E-state index in [-0.39, 0.29) is 0 Å². The van der Waals surface area contributed by atoms with Crippen LogP contribution in [0.5, 0.6) is 0 Å². The minimum absolute atomic E-state index is 0.445. The van der Waals surface area contributed by atoms with Crippen LogP contribution in [0.3, 0.4) is 0 Å². The lowest BCUT2D eigenvalue weighted by Gasteiger charge is -2.10. The molecular formula is C18H18BrN5. The second-order valence-electron chi connectivity index (χ2n) is 5.70. The van der Waals surface area contributed by atoms with Crippen LogP contribution in [0, 0.1) is 20.8 Å². The summed E-state index contributed by atoms with van der Waals surface area (Å²) in [6.07, 6.45) is 1.61. The lowest BCUT2D eigenvalue weighted by Crippen LogP contribution is -2.03. The highest BCUT2D eigenvalue weighted by molar-refractivity contribution is 9.10. The minimum Gasteiger partial charge on any atom is -0.339 e. The number of benzene rings is 2. The average molecular weight is 384 g/mol. The van der Waals surface area contributed by atoms with Gasteiger partial charge in [0.2, 0.25) is 5.95 Å². The first-order valence-corrected chi connectivity index (χ1v) is 8.38. The zero-order valence-corrected chi connectivity index (χ0v) is 15.3. The van der Waals surface area contributed by atoms with Gasteiger partial charge < -0.3 is 10.6 Å². The lowest BCUT2D eigenvalue weighted by molar-refractivity contribution is 0.982. The Morgan fingerprint density at radius 1 is 0.917 bits per heavy atom. The monoisotopic (exact) mass is 383 g/mol. The van der Waals surface area contributed by atoms with E-state index in [1.54, 1.807) is 6.20 Å². The van der Waals surface area contributed by atoms with E-state index in [0.29, 0.717) is 11.8 Å². The summed E-state index contributed by atoms with van der Waals surface area (Å²) in [5.41, 5.74) is 5.46. The standard InChI is InChI=1S/C18H18BrN5/c1-11-4-7-16(13(3)8-11)22-17-10-20-24-18(23-17)21-14-6-5-12(2)15(19)9-14/h4-10H,1-3H3,(H2,21,22,23,24). The van der Waals surface area contributed by atoms with E-state index in [9.17, 15) is 0 Å². The van der Waals surface area contributed by atoms with Gasteiger partial charge in [-0.3, -0.25) is 0 Å². The number of anilines is 4. The number of hydrogen-bond donors (Lipinski definition) is 2. The molecular weight excluding hydrogens is 366 g/mol. The van der Waals surface area contributed by atoms with Crippen LogP contribution in [-0.2, 0) is 0 Å². The van der Waals surface area contributed by atoms with Crippen molar-refractivity contribution >= 4 is 39.1 Å². The predicted molar refractivity (Wildman–Crippen MR) is 101 cm³/mol. The molecule has 0 unspecified atom stereocenters. The average Bonchev–Trinajstić information content (AvgIpc) is 2.54. The molecule has 0 saturated heterocycles. The van der Waals surface area contributed by atoms with E-state index < -0.39 is 0 Å². The maximum atomic E-state index is 4.47. The molecule has 5 nitrogen and oxygen atoms in total. The fourth-order valence-corrected chi connectivity index (χ4v) is 2.69. The minimum atomic E-state index is 0.445. The van der Waals surface area contributed by atoms with Crippen molar-refractivity contribution in [3.63, 3.8) is 0 Å². The Hall–Kier alpha value is -2.47. The number of halogens is 1. The molecule has 24 heavy (non-hydrogen) atoms. The van der Waals surface area contributed by atoms with Gasteiger partial charge in [0, 0.05) is 15.8 Å². The summed E-state index contributed by atoms with van der Waals surface area (Å²) in [5, 5.41) is 14.5. The van der Waals surface area contributed by atoms with Gasteiger partial charge in [-0.1, -0.05) is 39.7 Å². The van der Waals surface area contributed by atoms with Crippen molar-refractivity contribution in [2.24, 2.45) is 0 Å². The summed E-state index contributed by atoms with van der Waals surface area (Å²) in [7, 11) is 0. The Morgan fingerprint density at radius 2 is 1.75 bits per heavy atom. The molecule has 2 N–H and O–H groups in total. The number of hydrogen-bond acceptors (Lipinski definition) is 5. The molecule has 0 atom stereocenters. The number of nitrogens with zero attached hydrogens (tertiary/aromatic N) is 3. The zero-order valence-electron chi connectivity index (χ0n) is 13.8. The highest BCUT2D eigenvalue weighted by Crippen LogP contribution is 2.23. The first kappa shape index (κ1) is 16.4. The maximum absolute atomic E-state index is 4.47. The van der Waals surface area contributed by atoms with E-state index in [1.165, 1.54) is 11.1 Å². The molecule has 3 aromatic rings. The summed E-state index contributed by atoms with van der Waals surface area (Å²) in [5.74, 6) is 1.09. The Balaban J connectivity index is 1.79. The fourth-order valence-electron chi connectivity index (χ4n) is 2.31. The quantitative estimate of drug-likeness (QED) is 0.659. The topological polar surface area (TPSA) is 62.7 Å². The van der Waals surface area contributed by atoms with E-state index in [0.717, 1.165) is 21.4 Å². The van der Waals surface area contributed by atoms with Gasteiger partial charge in [0.25, 0.3) is 0 Å². The van der Waals surface area contributed by atoms with Gasteiger partial charge in [0.05, 0.1) is 6.20 Å². The molecule has 0 fully saturated rings. The molecule has 1 heterocycles. The van der Waals surface area contributed by atoms with Gasteiger partial charge in [-0.2, -0.15) is 10.1 Å². The van der Waals surface area contributed by atoms with Gasteiger partial charge in [-0.15, -0.1) is 5.10 Å². The molecule has 0 spiro atoms. The highest BCUT2D eigenvalue weighted by Gasteiger charge is 2.05. The van der Waals surface area contributed by atoms with Crippen molar-refractivity contribution in [3.8, 4) is 0 Å². The summed E-state index contributed by atoms with van der Waals surface area (Å²) in [6, 6.07) is 12.2. The SMILES string of the molecule is Cc1ccc(Nc2cnnc(Nc3ccc(C)c(Br)c3)n2)c(C)c1. The van der Waals surface area contributed by atoms with Gasteiger partial charge in [0.15, 0.2) is 5.82 Å². The van der Waals surface area contributed by atoms with E-state index in [1.807, 2.05) is 31.2 Å². The number of aryl methyl sites for hydroxylation is 3. The van der Waals surface area contributed by atoms with Crippen LogP contribution in [0.4, 0.5) is 23.1 Å². The van der Waals surface area contributed by atoms with E-state index in [2.05, 4.69) is 67.7 Å². The second-order valence-corrected chi connectivity index (χ2v) is 6.55. The Morgan fingerprint density at radius 3 is 2.50 bits per heavy atom. The third kappa shape index (κ3) is 3.89. The van der Waals surface area contributed by atoms with Crippen molar-refractivity contribution in [1.29, 1.82) is 0 Å². The summed E-state index contributed by atoms with van der Waals surface area (Å²) >= 11 is 3.52. The molecule has 2 aromatic carbocycles. The molecule has 3 rings (SSSR count). The molecule has 0 bridgehead atoms. The summed E-state index contributed by atoms with van der Waals surface area (Å²) in [4.78, 5) is 4.47. The largest absolute Gasteiger partial charge is 0.339 e. The Bertz CT molecular complexity index is 879. The van der Waals surface area contributed by atoms with Crippen molar-refractivity contribution in [1.82, 2.24) is 15.2 Å². The molecule has 1 aromatic heterocycles. The van der Waals surface area contributed by atoms with Crippen LogP contribution >= 0.6 is 15.9 Å². The number of nitrogens with one attached hydrogen (secondary N) is 2. The smallest absolute Gasteiger partial charge is 0.249 e. The van der Waals surface area contributed by atoms with Crippen LogP contribution in [0.25, 0.3) is 0 Å². The van der Waals surface area contributed by atoms with Crippen LogP contribution in [0.15, 0.2) is 47.1 Å². The third-order valence-corrected chi connectivity index (χ3v) is 4.49. The van der Waals surface area contributed by atoms with Crippen molar-refractivity contribution < 1.29 is 0 Å². The molecule has 0 amide bonds. The first-order chi connectivity index (χ1) is 11.5. The molecule has 0 aliphatic carbocycles. The fraction of sp³-hybridized carbons (Fsp3) is 0.167. The maximum Gasteiger partial charge on any atom is 0.249 e. The van der Waals surface area contributed by atoms with Gasteiger partial charge >= 0.3 is 0 Å². The zero-order chi connectivity index (χ0) is 17.1. The predicted octanol–water partition coefficient (Wildman–Crippen LogP) is 5.05. The van der Waals surface area contributed by atoms with Gasteiger partial charge in [0.1, 0.15) is 0 Å².